The Morgan fingerprint density at radius 1 is 1.60 bits per heavy atom. The predicted octanol–water partition coefficient (Wildman–Crippen LogP) is 2.20. The Balaban J connectivity index is 2.98. The summed E-state index contributed by atoms with van der Waals surface area (Å²) in [5.74, 6) is 0. The molecule has 0 unspecified atom stereocenters. The van der Waals surface area contributed by atoms with Gasteiger partial charge in [-0.25, -0.2) is 0 Å². The summed E-state index contributed by atoms with van der Waals surface area (Å²) in [6.45, 7) is 1.95. The van der Waals surface area contributed by atoms with Crippen molar-refractivity contribution in [2.45, 2.75) is 11.8 Å². The van der Waals surface area contributed by atoms with Gasteiger partial charge < -0.3 is 0 Å². The van der Waals surface area contributed by atoms with Crippen LogP contribution >= 0.6 is 23.2 Å². The van der Waals surface area contributed by atoms with Crippen LogP contribution in [0.25, 0.3) is 0 Å². The maximum absolute atomic E-state index is 5.58. The van der Waals surface area contributed by atoms with E-state index in [1.165, 1.54) is 0 Å². The molecule has 1 aromatic heterocycles. The topological polar surface area (TPSA) is 17.8 Å². The molecule has 0 fully saturated rings. The fraction of sp³-hybridized carbons (Fsp3) is 0.500. The van der Waals surface area contributed by atoms with Crippen molar-refractivity contribution in [1.29, 1.82) is 0 Å². The summed E-state index contributed by atoms with van der Waals surface area (Å²) >= 11 is 11.2. The number of alkyl halides is 2. The van der Waals surface area contributed by atoms with Gasteiger partial charge in [0, 0.05) is 12.7 Å². The van der Waals surface area contributed by atoms with Crippen molar-refractivity contribution in [3.8, 4) is 0 Å². The lowest BCUT2D eigenvalue weighted by molar-refractivity contribution is 0.728. The van der Waals surface area contributed by atoms with Crippen LogP contribution in [0.1, 0.15) is 16.2 Å². The second-order valence-electron chi connectivity index (χ2n) is 2.13. The van der Waals surface area contributed by atoms with Crippen molar-refractivity contribution in [1.82, 2.24) is 9.78 Å². The molecular weight excluding hydrogens is 171 g/mol. The quantitative estimate of drug-likeness (QED) is 0.604. The summed E-state index contributed by atoms with van der Waals surface area (Å²) in [6.07, 6.45) is 0. The van der Waals surface area contributed by atoms with E-state index in [1.807, 2.05) is 20.0 Å². The summed E-state index contributed by atoms with van der Waals surface area (Å²) < 4.78 is 1.74. The average molecular weight is 179 g/mol. The number of hydrogen-bond acceptors (Lipinski definition) is 1. The average Bonchev–Trinajstić information content (AvgIpc) is 2.13. The highest BCUT2D eigenvalue weighted by atomic mass is 35.5. The van der Waals surface area contributed by atoms with Gasteiger partial charge >= 0.3 is 0 Å². The van der Waals surface area contributed by atoms with Crippen LogP contribution in [0.3, 0.4) is 0 Å². The number of aromatic nitrogens is 2. The van der Waals surface area contributed by atoms with Crippen molar-refractivity contribution in [2.75, 3.05) is 0 Å². The SMILES string of the molecule is Cc1cc(C(Cl)Cl)nn1C. The molecule has 0 aliphatic carbocycles. The van der Waals surface area contributed by atoms with Gasteiger partial charge in [0.05, 0.1) is 5.69 Å². The van der Waals surface area contributed by atoms with Crippen molar-refractivity contribution in [3.63, 3.8) is 0 Å². The van der Waals surface area contributed by atoms with E-state index in [0.717, 1.165) is 5.69 Å². The molecule has 0 amide bonds. The lowest BCUT2D eigenvalue weighted by Gasteiger charge is -1.91. The van der Waals surface area contributed by atoms with Gasteiger partial charge in [-0.1, -0.05) is 23.2 Å². The zero-order valence-corrected chi connectivity index (χ0v) is 7.32. The van der Waals surface area contributed by atoms with Crippen molar-refractivity contribution in [2.24, 2.45) is 7.05 Å². The van der Waals surface area contributed by atoms with Gasteiger partial charge in [-0.3, -0.25) is 4.68 Å². The Hall–Kier alpha value is -0.210. The fourth-order valence-corrected chi connectivity index (χ4v) is 0.908. The maximum atomic E-state index is 5.58. The molecular formula is C6H8Cl2N2. The molecule has 1 rings (SSSR count). The van der Waals surface area contributed by atoms with Crippen molar-refractivity contribution < 1.29 is 0 Å². The highest BCUT2D eigenvalue weighted by Gasteiger charge is 2.07. The molecule has 1 aromatic rings. The van der Waals surface area contributed by atoms with Gasteiger partial charge in [-0.05, 0) is 13.0 Å². The van der Waals surface area contributed by atoms with Crippen LogP contribution in [0, 0.1) is 6.92 Å². The Bertz CT molecular complexity index is 210. The number of hydrogen-bond donors (Lipinski definition) is 0. The third-order valence-corrected chi connectivity index (χ3v) is 1.80. The van der Waals surface area contributed by atoms with Crippen molar-refractivity contribution in [3.05, 3.63) is 17.5 Å². The molecule has 4 heteroatoms. The lowest BCUT2D eigenvalue weighted by atomic mass is 10.4. The van der Waals surface area contributed by atoms with E-state index in [9.17, 15) is 0 Å². The molecule has 0 aromatic carbocycles. The second kappa shape index (κ2) is 2.81. The highest BCUT2D eigenvalue weighted by Crippen LogP contribution is 2.23. The summed E-state index contributed by atoms with van der Waals surface area (Å²) in [7, 11) is 1.86. The Morgan fingerprint density at radius 3 is 2.40 bits per heavy atom. The minimum Gasteiger partial charge on any atom is -0.273 e. The van der Waals surface area contributed by atoms with Gasteiger partial charge in [0.2, 0.25) is 0 Å². The van der Waals surface area contributed by atoms with Crippen LogP contribution in [0.5, 0.6) is 0 Å². The number of nitrogens with zero attached hydrogens (tertiary/aromatic N) is 2. The van der Waals surface area contributed by atoms with Gasteiger partial charge in [-0.2, -0.15) is 5.10 Å². The maximum Gasteiger partial charge on any atom is 0.151 e. The third-order valence-electron chi connectivity index (χ3n) is 1.36. The first-order valence-corrected chi connectivity index (χ1v) is 3.77. The van der Waals surface area contributed by atoms with Crippen LogP contribution in [0.4, 0.5) is 0 Å². The second-order valence-corrected chi connectivity index (χ2v) is 3.23. The monoisotopic (exact) mass is 178 g/mol. The van der Waals surface area contributed by atoms with Crippen LogP contribution in [-0.4, -0.2) is 9.78 Å². The van der Waals surface area contributed by atoms with Crippen LogP contribution in [0.2, 0.25) is 0 Å². The first kappa shape index (κ1) is 7.89. The van der Waals surface area contributed by atoms with E-state index >= 15 is 0 Å². The standard InChI is InChI=1S/C6H8Cl2N2/c1-4-3-5(6(7)8)9-10(4)2/h3,6H,1-2H3. The fourth-order valence-electron chi connectivity index (χ4n) is 0.695. The molecule has 2 nitrogen and oxygen atoms in total. The molecule has 0 radical (unpaired) electrons. The number of aryl methyl sites for hydroxylation is 2. The molecule has 0 aliphatic heterocycles. The van der Waals surface area contributed by atoms with E-state index in [2.05, 4.69) is 5.10 Å². The normalized spacial score (nSPS) is 10.9. The number of rotatable bonds is 1. The Labute approximate surface area is 69.7 Å². The zero-order valence-electron chi connectivity index (χ0n) is 5.81. The summed E-state index contributed by atoms with van der Waals surface area (Å²) in [4.78, 5) is -0.514. The Morgan fingerprint density at radius 2 is 2.20 bits per heavy atom. The predicted molar refractivity (Wildman–Crippen MR) is 42.4 cm³/mol. The van der Waals surface area contributed by atoms with E-state index in [-0.39, 0.29) is 0 Å². The molecule has 56 valence electrons. The van der Waals surface area contributed by atoms with Gasteiger partial charge in [-0.15, -0.1) is 0 Å². The van der Waals surface area contributed by atoms with E-state index in [1.54, 1.807) is 4.68 Å². The van der Waals surface area contributed by atoms with E-state index in [4.69, 9.17) is 23.2 Å². The van der Waals surface area contributed by atoms with Crippen LogP contribution in [0.15, 0.2) is 6.07 Å². The lowest BCUT2D eigenvalue weighted by Crippen LogP contribution is -1.93. The van der Waals surface area contributed by atoms with E-state index < -0.39 is 4.84 Å². The highest BCUT2D eigenvalue weighted by molar-refractivity contribution is 6.43. The Kier molecular flexibility index (Phi) is 2.21. The number of halogens is 2. The summed E-state index contributed by atoms with van der Waals surface area (Å²) in [6, 6.07) is 1.87. The molecule has 10 heavy (non-hydrogen) atoms. The smallest absolute Gasteiger partial charge is 0.151 e. The molecule has 0 aliphatic rings. The molecule has 0 saturated carbocycles. The molecule has 0 spiro atoms. The first-order chi connectivity index (χ1) is 4.61. The van der Waals surface area contributed by atoms with Crippen molar-refractivity contribution >= 4 is 23.2 Å². The molecule has 0 bridgehead atoms. The molecule has 0 saturated heterocycles. The van der Waals surface area contributed by atoms with Crippen LogP contribution < -0.4 is 0 Å². The minimum absolute atomic E-state index is 0.514. The summed E-state index contributed by atoms with van der Waals surface area (Å²) in [5, 5.41) is 4.06. The molecule has 1 heterocycles. The molecule has 0 atom stereocenters. The minimum atomic E-state index is -0.514. The summed E-state index contributed by atoms with van der Waals surface area (Å²) in [5.41, 5.74) is 1.77. The first-order valence-electron chi connectivity index (χ1n) is 2.90. The van der Waals surface area contributed by atoms with Gasteiger partial charge in [0.25, 0.3) is 0 Å². The van der Waals surface area contributed by atoms with Crippen LogP contribution in [-0.2, 0) is 7.05 Å². The molecule has 0 N–H and O–H groups in total. The third kappa shape index (κ3) is 1.44. The zero-order chi connectivity index (χ0) is 7.72. The largest absolute Gasteiger partial charge is 0.273 e. The van der Waals surface area contributed by atoms with E-state index in [0.29, 0.717) is 5.69 Å². The van der Waals surface area contributed by atoms with Gasteiger partial charge in [0.1, 0.15) is 0 Å². The van der Waals surface area contributed by atoms with Gasteiger partial charge in [0.15, 0.2) is 4.84 Å².